The van der Waals surface area contributed by atoms with E-state index in [1.807, 2.05) is 18.2 Å². The summed E-state index contributed by atoms with van der Waals surface area (Å²) in [5, 5.41) is 3.19. The van der Waals surface area contributed by atoms with Gasteiger partial charge in [-0.2, -0.15) is 0 Å². The van der Waals surface area contributed by atoms with Gasteiger partial charge in [0.15, 0.2) is 17.5 Å². The molecule has 148 valence electrons. The predicted molar refractivity (Wildman–Crippen MR) is 110 cm³/mol. The first-order valence-corrected chi connectivity index (χ1v) is 9.82. The van der Waals surface area contributed by atoms with Gasteiger partial charge in [0.25, 0.3) is 0 Å². The molecule has 6 nitrogen and oxygen atoms in total. The lowest BCUT2D eigenvalue weighted by atomic mass is 9.74. The lowest BCUT2D eigenvalue weighted by Crippen LogP contribution is -2.38. The number of aryl methyl sites for hydroxylation is 1. The normalized spacial score (nSPS) is 18.1. The zero-order valence-corrected chi connectivity index (χ0v) is 16.2. The van der Waals surface area contributed by atoms with Crippen molar-refractivity contribution in [3.63, 3.8) is 0 Å². The van der Waals surface area contributed by atoms with Gasteiger partial charge < -0.3 is 25.3 Å². The molecule has 0 spiro atoms. The molecule has 0 bridgehead atoms. The maximum atomic E-state index is 6.18. The molecule has 0 unspecified atom stereocenters. The topological polar surface area (TPSA) is 78.1 Å². The third kappa shape index (κ3) is 3.92. The van der Waals surface area contributed by atoms with E-state index < -0.39 is 0 Å². The van der Waals surface area contributed by atoms with Gasteiger partial charge in [-0.1, -0.05) is 25.1 Å². The maximum Gasteiger partial charge on any atom is 0.231 e. The molecule has 2 aliphatic heterocycles. The molecule has 6 heteroatoms. The zero-order chi connectivity index (χ0) is 19.4. The Morgan fingerprint density at radius 2 is 1.82 bits per heavy atom. The van der Waals surface area contributed by atoms with Gasteiger partial charge in [0.05, 0.1) is 6.54 Å². The summed E-state index contributed by atoms with van der Waals surface area (Å²) < 4.78 is 16.6. The van der Waals surface area contributed by atoms with Crippen molar-refractivity contribution < 1.29 is 14.2 Å². The lowest BCUT2D eigenvalue weighted by Gasteiger charge is -2.36. The number of guanidine groups is 1. The standard InChI is InChI=1S/C22H27N3O3/c1-2-16-3-6-18(7-4-16)25-21(23)24-14-22(9-11-26-12-10-22)17-5-8-19-20(13-17)28-15-27-19/h3-8,13H,2,9-12,14-15H2,1H3,(H3,23,24,25). The van der Waals surface area contributed by atoms with Crippen LogP contribution in [-0.4, -0.2) is 32.5 Å². The summed E-state index contributed by atoms with van der Waals surface area (Å²) in [7, 11) is 0. The fraction of sp³-hybridized carbons (Fsp3) is 0.409. The van der Waals surface area contributed by atoms with Gasteiger partial charge in [0.1, 0.15) is 0 Å². The Labute approximate surface area is 165 Å². The van der Waals surface area contributed by atoms with E-state index in [4.69, 9.17) is 19.9 Å². The molecular formula is C22H27N3O3. The molecule has 4 rings (SSSR count). The molecule has 0 aromatic heterocycles. The molecule has 2 aromatic rings. The summed E-state index contributed by atoms with van der Waals surface area (Å²) in [4.78, 5) is 4.68. The molecule has 1 fully saturated rings. The Kier molecular flexibility index (Phi) is 5.39. The number of anilines is 1. The number of rotatable bonds is 5. The molecule has 3 N–H and O–H groups in total. The fourth-order valence-corrected chi connectivity index (χ4v) is 3.77. The van der Waals surface area contributed by atoms with Crippen molar-refractivity contribution in [2.75, 3.05) is 31.9 Å². The quantitative estimate of drug-likeness (QED) is 0.613. The van der Waals surface area contributed by atoms with Gasteiger partial charge in [-0.3, -0.25) is 4.99 Å². The summed E-state index contributed by atoms with van der Waals surface area (Å²) in [6, 6.07) is 14.4. The monoisotopic (exact) mass is 381 g/mol. The average Bonchev–Trinajstić information content (AvgIpc) is 3.21. The van der Waals surface area contributed by atoms with Crippen LogP contribution in [0.4, 0.5) is 5.69 Å². The highest BCUT2D eigenvalue weighted by Crippen LogP contribution is 2.41. The molecule has 0 saturated carbocycles. The molecular weight excluding hydrogens is 354 g/mol. The van der Waals surface area contributed by atoms with Crippen molar-refractivity contribution in [2.45, 2.75) is 31.6 Å². The van der Waals surface area contributed by atoms with E-state index in [2.05, 4.69) is 41.5 Å². The van der Waals surface area contributed by atoms with E-state index in [1.165, 1.54) is 11.1 Å². The van der Waals surface area contributed by atoms with Gasteiger partial charge >= 0.3 is 0 Å². The number of nitrogens with one attached hydrogen (secondary N) is 1. The number of fused-ring (bicyclic) bond motifs is 1. The van der Waals surface area contributed by atoms with Crippen molar-refractivity contribution in [3.8, 4) is 11.5 Å². The highest BCUT2D eigenvalue weighted by molar-refractivity contribution is 5.92. The Bertz CT molecular complexity index is 843. The molecule has 2 aromatic carbocycles. The van der Waals surface area contributed by atoms with Crippen LogP contribution in [0, 0.1) is 0 Å². The highest BCUT2D eigenvalue weighted by atomic mass is 16.7. The van der Waals surface area contributed by atoms with Crippen molar-refractivity contribution in [1.82, 2.24) is 0 Å². The van der Waals surface area contributed by atoms with E-state index >= 15 is 0 Å². The first kappa shape index (κ1) is 18.6. The Hall–Kier alpha value is -2.73. The molecule has 0 amide bonds. The van der Waals surface area contributed by atoms with Gasteiger partial charge in [-0.05, 0) is 54.7 Å². The molecule has 0 atom stereocenters. The largest absolute Gasteiger partial charge is 0.454 e. The van der Waals surface area contributed by atoms with Crippen LogP contribution in [0.1, 0.15) is 30.9 Å². The van der Waals surface area contributed by atoms with Crippen LogP contribution in [0.5, 0.6) is 11.5 Å². The number of hydrogen-bond acceptors (Lipinski definition) is 4. The smallest absolute Gasteiger partial charge is 0.231 e. The maximum absolute atomic E-state index is 6.18. The molecule has 2 heterocycles. The van der Waals surface area contributed by atoms with Gasteiger partial charge in [0, 0.05) is 24.3 Å². The second-order valence-corrected chi connectivity index (χ2v) is 7.34. The van der Waals surface area contributed by atoms with Crippen molar-refractivity contribution >= 4 is 11.6 Å². The van der Waals surface area contributed by atoms with Gasteiger partial charge in [-0.15, -0.1) is 0 Å². The number of ether oxygens (including phenoxy) is 3. The average molecular weight is 381 g/mol. The number of aliphatic imine (C=N–C) groups is 1. The van der Waals surface area contributed by atoms with Crippen LogP contribution >= 0.6 is 0 Å². The molecule has 0 radical (unpaired) electrons. The fourth-order valence-electron chi connectivity index (χ4n) is 3.77. The van der Waals surface area contributed by atoms with E-state index in [0.717, 1.165) is 49.7 Å². The van der Waals surface area contributed by atoms with Crippen LogP contribution in [0.3, 0.4) is 0 Å². The van der Waals surface area contributed by atoms with Crippen molar-refractivity contribution in [3.05, 3.63) is 53.6 Å². The molecule has 0 aliphatic carbocycles. The molecule has 1 saturated heterocycles. The first-order chi connectivity index (χ1) is 13.7. The Balaban J connectivity index is 1.52. The third-order valence-corrected chi connectivity index (χ3v) is 5.62. The van der Waals surface area contributed by atoms with E-state index in [9.17, 15) is 0 Å². The zero-order valence-electron chi connectivity index (χ0n) is 16.2. The SMILES string of the molecule is CCc1ccc(NC(N)=NCC2(c3ccc4c(c3)OCO4)CCOCC2)cc1. The number of nitrogens with zero attached hydrogens (tertiary/aromatic N) is 1. The summed E-state index contributed by atoms with van der Waals surface area (Å²) in [5.41, 5.74) is 9.51. The third-order valence-electron chi connectivity index (χ3n) is 5.62. The molecule has 28 heavy (non-hydrogen) atoms. The van der Waals surface area contributed by atoms with Crippen LogP contribution in [0.15, 0.2) is 47.5 Å². The number of hydrogen-bond donors (Lipinski definition) is 2. The Morgan fingerprint density at radius 3 is 2.57 bits per heavy atom. The minimum atomic E-state index is -0.113. The lowest BCUT2D eigenvalue weighted by molar-refractivity contribution is 0.0531. The summed E-state index contributed by atoms with van der Waals surface area (Å²) in [5.74, 6) is 2.02. The predicted octanol–water partition coefficient (Wildman–Crippen LogP) is 3.45. The van der Waals surface area contributed by atoms with Crippen LogP contribution in [0.2, 0.25) is 0 Å². The van der Waals surface area contributed by atoms with E-state index in [0.29, 0.717) is 12.5 Å². The second kappa shape index (κ2) is 8.10. The van der Waals surface area contributed by atoms with Gasteiger partial charge in [-0.25, -0.2) is 0 Å². The molecule has 2 aliphatic rings. The highest BCUT2D eigenvalue weighted by Gasteiger charge is 2.35. The summed E-state index contributed by atoms with van der Waals surface area (Å²) in [6.07, 6.45) is 2.81. The van der Waals surface area contributed by atoms with Crippen molar-refractivity contribution in [1.29, 1.82) is 0 Å². The van der Waals surface area contributed by atoms with E-state index in [1.54, 1.807) is 0 Å². The van der Waals surface area contributed by atoms with E-state index in [-0.39, 0.29) is 12.2 Å². The minimum Gasteiger partial charge on any atom is -0.454 e. The van der Waals surface area contributed by atoms with Crippen LogP contribution in [-0.2, 0) is 16.6 Å². The first-order valence-electron chi connectivity index (χ1n) is 9.82. The van der Waals surface area contributed by atoms with Crippen molar-refractivity contribution in [2.24, 2.45) is 10.7 Å². The Morgan fingerprint density at radius 1 is 1.07 bits per heavy atom. The van der Waals surface area contributed by atoms with Crippen LogP contribution < -0.4 is 20.5 Å². The summed E-state index contributed by atoms with van der Waals surface area (Å²) >= 11 is 0. The minimum absolute atomic E-state index is 0.113. The van der Waals surface area contributed by atoms with Crippen LogP contribution in [0.25, 0.3) is 0 Å². The number of nitrogens with two attached hydrogens (primary N) is 1. The number of benzene rings is 2. The van der Waals surface area contributed by atoms with Gasteiger partial charge in [0.2, 0.25) is 6.79 Å². The summed E-state index contributed by atoms with van der Waals surface area (Å²) in [6.45, 7) is 4.45. The second-order valence-electron chi connectivity index (χ2n) is 7.34.